The van der Waals surface area contributed by atoms with E-state index in [1.165, 1.54) is 0 Å². The van der Waals surface area contributed by atoms with Gasteiger partial charge in [-0.25, -0.2) is 29.2 Å². The number of hydrogen-bond donors (Lipinski definition) is 5. The number of carbonyl (C=O) groups excluding carboxylic acids is 8. The quantitative estimate of drug-likeness (QED) is 0.0135. The molecule has 462 valence electrons. The molecule has 3 aromatic heterocycles. The molecule has 87 heavy (non-hydrogen) atoms. The first kappa shape index (κ1) is 65.7. The topological polar surface area (TPSA) is 307 Å². The maximum Gasteiger partial charge on any atom is 0.509 e. The SMILES string of the molecule is CC(=O)N(CCc1c2c(nc3ccccc13)/C(=C/C1=C(C=O)COC(=O)C1OC(=O)OCc1ccc(NC(=O)CNC(=O)COCC(=O)NC(C)(C)COC(C)(C)Cn3cc(CNC(=O)CCC/C=C/c4cnc(S)nc4)nn3)cc1)N(C)C2)C(C)C. The Balaban J connectivity index is 0.793. The molecule has 25 nitrogen and oxygen atoms in total. The number of fused-ring (bicyclic) bond motifs is 2. The van der Waals surface area contributed by atoms with Crippen LogP contribution in [-0.2, 0) is 89.9 Å². The zero-order valence-corrected chi connectivity index (χ0v) is 50.9. The molecule has 0 bridgehead atoms. The molecule has 0 saturated carbocycles. The van der Waals surface area contributed by atoms with E-state index in [0.717, 1.165) is 27.6 Å². The number of aldehydes is 1. The lowest BCUT2D eigenvalue weighted by Crippen LogP contribution is -2.50. The van der Waals surface area contributed by atoms with E-state index in [1.807, 2.05) is 81.0 Å². The zero-order valence-electron chi connectivity index (χ0n) is 50.0. The highest BCUT2D eigenvalue weighted by Crippen LogP contribution is 2.38. The van der Waals surface area contributed by atoms with Gasteiger partial charge in [-0.3, -0.25) is 28.8 Å². The molecule has 7 rings (SSSR count). The summed E-state index contributed by atoms with van der Waals surface area (Å²) < 4.78 is 29.2. The predicted molar refractivity (Wildman–Crippen MR) is 322 cm³/mol. The summed E-state index contributed by atoms with van der Waals surface area (Å²) in [6.45, 7) is 12.4. The van der Waals surface area contributed by atoms with Crippen LogP contribution in [0.1, 0.15) is 101 Å². The van der Waals surface area contributed by atoms with Crippen molar-refractivity contribution in [1.29, 1.82) is 0 Å². The van der Waals surface area contributed by atoms with Gasteiger partial charge in [0.15, 0.2) is 5.16 Å². The lowest BCUT2D eigenvalue weighted by molar-refractivity contribution is -0.153. The fourth-order valence-electron chi connectivity index (χ4n) is 9.49. The maximum absolute atomic E-state index is 13.2. The smallest absolute Gasteiger partial charge is 0.458 e. The number of allylic oxidation sites excluding steroid dienone is 1. The average molecular weight is 1220 g/mol. The van der Waals surface area contributed by atoms with Gasteiger partial charge in [-0.1, -0.05) is 47.7 Å². The van der Waals surface area contributed by atoms with Crippen LogP contribution in [0.5, 0.6) is 0 Å². The van der Waals surface area contributed by atoms with Gasteiger partial charge in [-0.2, -0.15) is 0 Å². The number of para-hydroxylation sites is 1. The summed E-state index contributed by atoms with van der Waals surface area (Å²) in [6.07, 6.45) is 10.5. The molecule has 0 spiro atoms. The number of unbranched alkanes of at least 4 members (excludes halogenated alkanes) is 1. The van der Waals surface area contributed by atoms with Crippen molar-refractivity contribution >= 4 is 88.9 Å². The van der Waals surface area contributed by atoms with Gasteiger partial charge in [0, 0.05) is 85.3 Å². The van der Waals surface area contributed by atoms with Crippen molar-refractivity contribution in [3.63, 3.8) is 0 Å². The standard InChI is InChI=1S/C61H74N12O13S/c1-38(2)73(39(3)75)23-22-45-46-15-12-13-16-49(46)67-55-48(45)30-71(8)50(55)24-47-42(31-74)33-83-57(80)56(47)86-59(81)84-32-40-18-20-43(21-19-40)66-52(77)28-63-53(78)34-82-35-54(79)68-60(4,5)37-85-61(6,7)36-72-29-44(69-70-72)27-62-51(76)17-11-9-10-14-41-25-64-58(87)65-26-41/h10,12-16,18-21,24-26,29,31,38,56H,9,11,17,22-23,27-28,30,32-37H2,1-8H3,(H,62,76)(H,63,78)(H,66,77)(H,68,79)(H,64,65,87)/b14-10+,50-24-. The monoisotopic (exact) mass is 1210 g/mol. The Morgan fingerprint density at radius 3 is 2.41 bits per heavy atom. The number of thiol groups is 1. The summed E-state index contributed by atoms with van der Waals surface area (Å²) in [5, 5.41) is 20.5. The number of benzene rings is 2. The molecule has 4 N–H and O–H groups in total. The first-order chi connectivity index (χ1) is 41.5. The minimum absolute atomic E-state index is 0.00216. The van der Waals surface area contributed by atoms with Gasteiger partial charge < -0.3 is 54.8 Å². The summed E-state index contributed by atoms with van der Waals surface area (Å²) >= 11 is 4.08. The highest BCUT2D eigenvalue weighted by atomic mass is 32.1. The molecule has 1 atom stereocenters. The zero-order chi connectivity index (χ0) is 62.8. The van der Waals surface area contributed by atoms with Crippen molar-refractivity contribution < 1.29 is 62.0 Å². The highest BCUT2D eigenvalue weighted by Gasteiger charge is 2.37. The number of aromatic nitrogens is 6. The van der Waals surface area contributed by atoms with E-state index in [4.69, 9.17) is 28.7 Å². The molecular formula is C61H74N12O13S. The molecule has 0 saturated heterocycles. The molecule has 5 heterocycles. The van der Waals surface area contributed by atoms with Crippen molar-refractivity contribution in [3.8, 4) is 0 Å². The number of amides is 5. The Bertz CT molecular complexity index is 3420. The number of nitrogens with zero attached hydrogens (tertiary/aromatic N) is 8. The van der Waals surface area contributed by atoms with Crippen molar-refractivity contribution in [2.75, 3.05) is 51.9 Å². The Kier molecular flexibility index (Phi) is 23.0. The Hall–Kier alpha value is -8.88. The number of carbonyl (C=O) groups is 8. The fourth-order valence-corrected chi connectivity index (χ4v) is 9.61. The number of cyclic esters (lactones) is 1. The summed E-state index contributed by atoms with van der Waals surface area (Å²) in [6, 6.07) is 14.0. The van der Waals surface area contributed by atoms with E-state index < -0.39 is 66.8 Å². The van der Waals surface area contributed by atoms with Gasteiger partial charge in [-0.05, 0) is 96.2 Å². The molecule has 0 fully saturated rings. The lowest BCUT2D eigenvalue weighted by Gasteiger charge is -2.32. The van der Waals surface area contributed by atoms with Crippen LogP contribution in [-0.4, -0.2) is 158 Å². The Morgan fingerprint density at radius 2 is 1.69 bits per heavy atom. The van der Waals surface area contributed by atoms with Crippen LogP contribution >= 0.6 is 12.6 Å². The third-order valence-electron chi connectivity index (χ3n) is 13.8. The van der Waals surface area contributed by atoms with Gasteiger partial charge in [0.1, 0.15) is 38.4 Å². The van der Waals surface area contributed by atoms with E-state index in [2.05, 4.69) is 54.2 Å². The lowest BCUT2D eigenvalue weighted by atomic mass is 9.96. The molecule has 0 radical (unpaired) electrons. The van der Waals surface area contributed by atoms with Crippen LogP contribution in [0.3, 0.4) is 0 Å². The summed E-state index contributed by atoms with van der Waals surface area (Å²) in [5.74, 6) is -2.71. The predicted octanol–water partition coefficient (Wildman–Crippen LogP) is 5.23. The number of rotatable bonds is 29. The van der Waals surface area contributed by atoms with E-state index in [1.54, 1.807) is 74.4 Å². The van der Waals surface area contributed by atoms with Gasteiger partial charge in [0.25, 0.3) is 0 Å². The molecule has 2 aromatic carbocycles. The highest BCUT2D eigenvalue weighted by molar-refractivity contribution is 7.80. The van der Waals surface area contributed by atoms with Gasteiger partial charge in [0.05, 0.1) is 60.5 Å². The molecular weight excluding hydrogens is 1140 g/mol. The first-order valence-corrected chi connectivity index (χ1v) is 28.7. The van der Waals surface area contributed by atoms with Crippen molar-refractivity contribution in [2.24, 2.45) is 0 Å². The molecule has 1 unspecified atom stereocenters. The van der Waals surface area contributed by atoms with Gasteiger partial charge in [-0.15, -0.1) is 17.7 Å². The van der Waals surface area contributed by atoms with E-state index in [-0.39, 0.29) is 55.4 Å². The molecule has 5 aromatic rings. The third kappa shape index (κ3) is 19.6. The summed E-state index contributed by atoms with van der Waals surface area (Å²) in [5.41, 5.74) is 4.84. The van der Waals surface area contributed by atoms with Gasteiger partial charge >= 0.3 is 12.1 Å². The van der Waals surface area contributed by atoms with Crippen LogP contribution in [0.15, 0.2) is 95.6 Å². The normalized spacial score (nSPS) is 14.7. The number of ether oxygens (including phenoxy) is 5. The fraction of sp³-hybridized carbons (Fsp3) is 0.426. The van der Waals surface area contributed by atoms with Crippen LogP contribution in [0.4, 0.5) is 10.5 Å². The summed E-state index contributed by atoms with van der Waals surface area (Å²) in [4.78, 5) is 118. The van der Waals surface area contributed by atoms with E-state index in [0.29, 0.717) is 85.1 Å². The second kappa shape index (κ2) is 30.5. The van der Waals surface area contributed by atoms with Crippen LogP contribution in [0, 0.1) is 0 Å². The average Bonchev–Trinajstić information content (AvgIpc) is 1.72. The largest absolute Gasteiger partial charge is 0.509 e. The minimum Gasteiger partial charge on any atom is -0.458 e. The van der Waals surface area contributed by atoms with Crippen molar-refractivity contribution in [1.82, 2.24) is 55.7 Å². The second-order valence-electron chi connectivity index (χ2n) is 22.4. The first-order valence-electron chi connectivity index (χ1n) is 28.3. The summed E-state index contributed by atoms with van der Waals surface area (Å²) in [7, 11) is 1.85. The molecule has 2 aliphatic rings. The third-order valence-corrected chi connectivity index (χ3v) is 14.1. The number of anilines is 1. The van der Waals surface area contributed by atoms with Crippen molar-refractivity contribution in [2.45, 2.75) is 129 Å². The number of hydrogen-bond acceptors (Lipinski definition) is 20. The molecule has 0 aliphatic carbocycles. The minimum atomic E-state index is -1.64. The number of esters is 1. The second-order valence-corrected chi connectivity index (χ2v) is 22.8. The maximum atomic E-state index is 13.2. The van der Waals surface area contributed by atoms with Crippen LogP contribution in [0.25, 0.3) is 22.7 Å². The molecule has 26 heteroatoms. The van der Waals surface area contributed by atoms with Crippen LogP contribution in [0.2, 0.25) is 0 Å². The Labute approximate surface area is 509 Å². The Morgan fingerprint density at radius 1 is 0.954 bits per heavy atom. The molecule has 2 aliphatic heterocycles. The van der Waals surface area contributed by atoms with Crippen molar-refractivity contribution in [3.05, 3.63) is 124 Å². The molecule has 5 amide bonds. The van der Waals surface area contributed by atoms with Crippen LogP contribution < -0.4 is 21.3 Å². The number of nitrogens with one attached hydrogen (secondary N) is 4. The number of pyridine rings is 1. The van der Waals surface area contributed by atoms with E-state index in [9.17, 15) is 38.4 Å². The van der Waals surface area contributed by atoms with E-state index >= 15 is 0 Å². The van der Waals surface area contributed by atoms with Gasteiger partial charge in [0.2, 0.25) is 35.6 Å².